The maximum atomic E-state index is 13.1. The van der Waals surface area contributed by atoms with Gasteiger partial charge in [0.2, 0.25) is 0 Å². The molecular weight excluding hydrogens is 453 g/mol. The number of carbonyl (C=O) groups is 1. The summed E-state index contributed by atoms with van der Waals surface area (Å²) >= 11 is 12.9. The van der Waals surface area contributed by atoms with Crippen LogP contribution in [0.1, 0.15) is 16.7 Å². The molecule has 0 spiro atoms. The summed E-state index contributed by atoms with van der Waals surface area (Å²) in [6.07, 6.45) is 1.75. The first-order valence-electron chi connectivity index (χ1n) is 9.46. The lowest BCUT2D eigenvalue weighted by Crippen LogP contribution is -2.27. The molecule has 1 aliphatic heterocycles. The van der Waals surface area contributed by atoms with Crippen molar-refractivity contribution >= 4 is 51.9 Å². The van der Waals surface area contributed by atoms with Crippen molar-refractivity contribution in [3.05, 3.63) is 105 Å². The molecule has 0 N–H and O–H groups in total. The van der Waals surface area contributed by atoms with E-state index in [1.54, 1.807) is 41.3 Å². The van der Waals surface area contributed by atoms with Crippen molar-refractivity contribution in [1.29, 1.82) is 0 Å². The number of hydrogen-bond acceptors (Lipinski definition) is 4. The summed E-state index contributed by atoms with van der Waals surface area (Å²) in [6.45, 7) is 0.685. The topological polar surface area (TPSA) is 29.5 Å². The predicted molar refractivity (Wildman–Crippen MR) is 127 cm³/mol. The van der Waals surface area contributed by atoms with Crippen molar-refractivity contribution in [1.82, 2.24) is 4.90 Å². The van der Waals surface area contributed by atoms with Crippen LogP contribution in [0.2, 0.25) is 5.02 Å². The third kappa shape index (κ3) is 5.34. The van der Waals surface area contributed by atoms with E-state index < -0.39 is 0 Å². The number of benzene rings is 3. The zero-order valence-corrected chi connectivity index (χ0v) is 18.6. The molecular formula is C24H17ClFNO2S2. The number of rotatable bonds is 6. The standard InChI is InChI=1S/C24H17ClFNO2S2/c25-19-8-11-21(29-15-17-6-9-20(26)10-7-17)18(12-19)13-22-23(28)27(24(30)31-22)14-16-4-2-1-3-5-16/h1-13H,14-15H2/b22-13-. The third-order valence-corrected chi connectivity index (χ3v) is 6.24. The van der Waals surface area contributed by atoms with Gasteiger partial charge in [-0.05, 0) is 47.5 Å². The Kier molecular flexibility index (Phi) is 6.70. The van der Waals surface area contributed by atoms with Gasteiger partial charge in [0.25, 0.3) is 5.91 Å². The molecule has 0 aromatic heterocycles. The summed E-state index contributed by atoms with van der Waals surface area (Å²) < 4.78 is 19.5. The summed E-state index contributed by atoms with van der Waals surface area (Å²) in [5.41, 5.74) is 2.51. The highest BCUT2D eigenvalue weighted by Gasteiger charge is 2.32. The van der Waals surface area contributed by atoms with Crippen LogP contribution in [0.4, 0.5) is 4.39 Å². The lowest BCUT2D eigenvalue weighted by molar-refractivity contribution is -0.122. The quantitative estimate of drug-likeness (QED) is 0.306. The van der Waals surface area contributed by atoms with Gasteiger partial charge in [-0.15, -0.1) is 0 Å². The Bertz CT molecular complexity index is 1150. The molecule has 4 rings (SSSR count). The van der Waals surface area contributed by atoms with Gasteiger partial charge in [0.1, 0.15) is 22.5 Å². The maximum absolute atomic E-state index is 13.1. The molecule has 1 aliphatic rings. The highest BCUT2D eigenvalue weighted by atomic mass is 35.5. The summed E-state index contributed by atoms with van der Waals surface area (Å²) in [6, 6.07) is 21.0. The Morgan fingerprint density at radius 3 is 2.52 bits per heavy atom. The highest BCUT2D eigenvalue weighted by molar-refractivity contribution is 8.26. The zero-order chi connectivity index (χ0) is 21.8. The Balaban J connectivity index is 1.54. The molecule has 1 fully saturated rings. The van der Waals surface area contributed by atoms with Crippen LogP contribution >= 0.6 is 35.6 Å². The van der Waals surface area contributed by atoms with Gasteiger partial charge in [0.05, 0.1) is 11.4 Å². The molecule has 1 saturated heterocycles. The first-order chi connectivity index (χ1) is 15.0. The van der Waals surface area contributed by atoms with Crippen molar-refractivity contribution in [2.24, 2.45) is 0 Å². The molecule has 31 heavy (non-hydrogen) atoms. The molecule has 0 aliphatic carbocycles. The molecule has 3 nitrogen and oxygen atoms in total. The number of amides is 1. The molecule has 0 saturated carbocycles. The summed E-state index contributed by atoms with van der Waals surface area (Å²) in [5, 5.41) is 0.528. The number of hydrogen-bond donors (Lipinski definition) is 0. The average Bonchev–Trinajstić information content (AvgIpc) is 3.02. The fraction of sp³-hybridized carbons (Fsp3) is 0.0833. The normalized spacial score (nSPS) is 15.0. The van der Waals surface area contributed by atoms with Crippen molar-refractivity contribution < 1.29 is 13.9 Å². The van der Waals surface area contributed by atoms with Gasteiger partial charge in [0.15, 0.2) is 0 Å². The molecule has 0 unspecified atom stereocenters. The molecule has 3 aromatic carbocycles. The van der Waals surface area contributed by atoms with Crippen LogP contribution in [0.15, 0.2) is 77.7 Å². The fourth-order valence-electron chi connectivity index (χ4n) is 3.05. The summed E-state index contributed by atoms with van der Waals surface area (Å²) in [5.74, 6) is 0.124. The van der Waals surface area contributed by atoms with Crippen molar-refractivity contribution in [2.45, 2.75) is 13.2 Å². The van der Waals surface area contributed by atoms with Gasteiger partial charge >= 0.3 is 0 Å². The zero-order valence-electron chi connectivity index (χ0n) is 16.3. The number of nitrogens with zero attached hydrogens (tertiary/aromatic N) is 1. The van der Waals surface area contributed by atoms with Crippen LogP contribution in [-0.4, -0.2) is 15.1 Å². The molecule has 7 heteroatoms. The predicted octanol–water partition coefficient (Wildman–Crippen LogP) is 6.46. The minimum absolute atomic E-state index is 0.150. The van der Waals surface area contributed by atoms with E-state index in [9.17, 15) is 9.18 Å². The van der Waals surface area contributed by atoms with Crippen LogP contribution < -0.4 is 4.74 Å². The van der Waals surface area contributed by atoms with E-state index in [1.165, 1.54) is 23.9 Å². The molecule has 1 amide bonds. The number of carbonyl (C=O) groups excluding carboxylic acids is 1. The second-order valence-electron chi connectivity index (χ2n) is 6.85. The van der Waals surface area contributed by atoms with Gasteiger partial charge in [0, 0.05) is 10.6 Å². The van der Waals surface area contributed by atoms with E-state index in [2.05, 4.69) is 0 Å². The van der Waals surface area contributed by atoms with E-state index >= 15 is 0 Å². The number of thiocarbonyl (C=S) groups is 1. The SMILES string of the molecule is O=C1/C(=C/c2cc(Cl)ccc2OCc2ccc(F)cc2)SC(=S)N1Cc1ccccc1. The van der Waals surface area contributed by atoms with Crippen molar-refractivity contribution in [3.8, 4) is 5.75 Å². The smallest absolute Gasteiger partial charge is 0.266 e. The highest BCUT2D eigenvalue weighted by Crippen LogP contribution is 2.36. The first-order valence-corrected chi connectivity index (χ1v) is 11.1. The third-order valence-electron chi connectivity index (χ3n) is 4.62. The first kappa shape index (κ1) is 21.6. The van der Waals surface area contributed by atoms with Crippen LogP contribution in [0.3, 0.4) is 0 Å². The molecule has 0 atom stereocenters. The molecule has 3 aromatic rings. The Morgan fingerprint density at radius 2 is 1.77 bits per heavy atom. The number of halogens is 2. The largest absolute Gasteiger partial charge is 0.488 e. The van der Waals surface area contributed by atoms with Crippen LogP contribution in [0.25, 0.3) is 6.08 Å². The van der Waals surface area contributed by atoms with E-state index in [0.717, 1.165) is 11.1 Å². The van der Waals surface area contributed by atoms with E-state index in [0.29, 0.717) is 32.1 Å². The second kappa shape index (κ2) is 9.64. The van der Waals surface area contributed by atoms with E-state index in [1.807, 2.05) is 30.3 Å². The van der Waals surface area contributed by atoms with Gasteiger partial charge < -0.3 is 4.74 Å². The molecule has 156 valence electrons. The van der Waals surface area contributed by atoms with Crippen molar-refractivity contribution in [2.75, 3.05) is 0 Å². The van der Waals surface area contributed by atoms with E-state index in [4.69, 9.17) is 28.6 Å². The van der Waals surface area contributed by atoms with Crippen LogP contribution in [0, 0.1) is 5.82 Å². The number of thioether (sulfide) groups is 1. The van der Waals surface area contributed by atoms with Crippen LogP contribution in [-0.2, 0) is 17.9 Å². The molecule has 0 bridgehead atoms. The average molecular weight is 470 g/mol. The maximum Gasteiger partial charge on any atom is 0.266 e. The lowest BCUT2D eigenvalue weighted by Gasteiger charge is -2.14. The molecule has 0 radical (unpaired) electrons. The van der Waals surface area contributed by atoms with Gasteiger partial charge in [-0.1, -0.05) is 78.0 Å². The van der Waals surface area contributed by atoms with Gasteiger partial charge in [-0.3, -0.25) is 9.69 Å². The molecule has 1 heterocycles. The van der Waals surface area contributed by atoms with Gasteiger partial charge in [-0.2, -0.15) is 0 Å². The van der Waals surface area contributed by atoms with Gasteiger partial charge in [-0.25, -0.2) is 4.39 Å². The second-order valence-corrected chi connectivity index (χ2v) is 8.96. The number of ether oxygens (including phenoxy) is 1. The fourth-order valence-corrected chi connectivity index (χ4v) is 4.48. The Hall–Kier alpha value is -2.67. The summed E-state index contributed by atoms with van der Waals surface area (Å²) in [7, 11) is 0. The Labute approximate surface area is 194 Å². The lowest BCUT2D eigenvalue weighted by atomic mass is 10.1. The van der Waals surface area contributed by atoms with Crippen molar-refractivity contribution in [3.63, 3.8) is 0 Å². The van der Waals surface area contributed by atoms with Crippen LogP contribution in [0.5, 0.6) is 5.75 Å². The monoisotopic (exact) mass is 469 g/mol. The Morgan fingerprint density at radius 1 is 1.03 bits per heavy atom. The van der Waals surface area contributed by atoms with E-state index in [-0.39, 0.29) is 18.3 Å². The minimum Gasteiger partial charge on any atom is -0.488 e. The minimum atomic E-state index is -0.298. The summed E-state index contributed by atoms with van der Waals surface area (Å²) in [4.78, 5) is 15.1.